The molecule has 0 N–H and O–H groups in total. The topological polar surface area (TPSA) is 42.4 Å². The Morgan fingerprint density at radius 1 is 1.16 bits per heavy atom. The predicted octanol–water partition coefficient (Wildman–Crippen LogP) is 4.38. The van der Waals surface area contributed by atoms with Crippen LogP contribution in [0, 0.1) is 5.82 Å². The van der Waals surface area contributed by atoms with E-state index in [-0.39, 0.29) is 18.3 Å². The normalized spacial score (nSPS) is 10.5. The summed E-state index contributed by atoms with van der Waals surface area (Å²) in [5.74, 6) is 0.201. The van der Waals surface area contributed by atoms with Crippen LogP contribution in [0.3, 0.4) is 0 Å². The van der Waals surface area contributed by atoms with Gasteiger partial charge in [-0.2, -0.15) is 0 Å². The van der Waals surface area contributed by atoms with Crippen molar-refractivity contribution in [2.75, 3.05) is 18.1 Å². The molecule has 1 heterocycles. The minimum atomic E-state index is -0.289. The molecule has 0 saturated carbocycles. The van der Waals surface area contributed by atoms with E-state index < -0.39 is 0 Å². The zero-order chi connectivity index (χ0) is 17.6. The zero-order valence-corrected chi connectivity index (χ0v) is 14.5. The maximum absolute atomic E-state index is 13.0. The van der Waals surface area contributed by atoms with Gasteiger partial charge in [-0.15, -0.1) is 11.3 Å². The quantitative estimate of drug-likeness (QED) is 0.658. The Morgan fingerprint density at radius 3 is 2.56 bits per heavy atom. The average molecular weight is 356 g/mol. The van der Waals surface area contributed by atoms with Gasteiger partial charge in [0.2, 0.25) is 0 Å². The van der Waals surface area contributed by atoms with Crippen molar-refractivity contribution in [2.24, 2.45) is 0 Å². The molecule has 0 fully saturated rings. The number of benzene rings is 2. The van der Waals surface area contributed by atoms with Crippen LogP contribution in [0.2, 0.25) is 0 Å². The van der Waals surface area contributed by atoms with Gasteiger partial charge in [-0.1, -0.05) is 18.2 Å². The fourth-order valence-electron chi connectivity index (χ4n) is 2.30. The molecule has 0 spiro atoms. The van der Waals surface area contributed by atoms with Gasteiger partial charge in [-0.05, 0) is 43.3 Å². The lowest BCUT2D eigenvalue weighted by Gasteiger charge is -2.17. The third-order valence-electron chi connectivity index (χ3n) is 3.59. The maximum atomic E-state index is 13.0. The number of para-hydroxylation sites is 1. The Balaban J connectivity index is 1.70. The van der Waals surface area contributed by atoms with Gasteiger partial charge in [0.1, 0.15) is 11.6 Å². The van der Waals surface area contributed by atoms with Crippen molar-refractivity contribution in [3.05, 3.63) is 65.8 Å². The molecule has 25 heavy (non-hydrogen) atoms. The molecule has 0 radical (unpaired) electrons. The molecule has 2 aromatic carbocycles. The van der Waals surface area contributed by atoms with Crippen molar-refractivity contribution in [3.8, 4) is 17.0 Å². The van der Waals surface area contributed by atoms with Crippen molar-refractivity contribution in [1.29, 1.82) is 0 Å². The molecular formula is C19H17FN2O2S. The number of carbonyl (C=O) groups excluding carboxylic acids is 1. The van der Waals surface area contributed by atoms with Crippen LogP contribution in [-0.4, -0.2) is 24.0 Å². The number of hydrogen-bond donors (Lipinski definition) is 0. The summed E-state index contributed by atoms with van der Waals surface area (Å²) in [6, 6.07) is 15.3. The number of nitrogens with zero attached hydrogens (tertiary/aromatic N) is 2. The largest absolute Gasteiger partial charge is 0.484 e. The highest BCUT2D eigenvalue weighted by atomic mass is 32.1. The molecule has 4 nitrogen and oxygen atoms in total. The van der Waals surface area contributed by atoms with Crippen LogP contribution in [0.4, 0.5) is 9.52 Å². The number of likely N-dealkylation sites (N-methyl/N-ethyl adjacent to an activating group) is 1. The summed E-state index contributed by atoms with van der Waals surface area (Å²) in [4.78, 5) is 18.5. The molecule has 0 aliphatic heterocycles. The van der Waals surface area contributed by atoms with E-state index in [1.54, 1.807) is 29.2 Å². The molecule has 0 aliphatic carbocycles. The minimum absolute atomic E-state index is 0.0523. The Labute approximate surface area is 149 Å². The van der Waals surface area contributed by atoms with Gasteiger partial charge >= 0.3 is 0 Å². The lowest BCUT2D eigenvalue weighted by atomic mass is 10.2. The highest BCUT2D eigenvalue weighted by molar-refractivity contribution is 7.14. The Hall–Kier alpha value is -2.73. The molecule has 3 rings (SSSR count). The van der Waals surface area contributed by atoms with Gasteiger partial charge in [0.05, 0.1) is 5.69 Å². The highest BCUT2D eigenvalue weighted by Crippen LogP contribution is 2.27. The average Bonchev–Trinajstić information content (AvgIpc) is 3.12. The van der Waals surface area contributed by atoms with E-state index in [0.29, 0.717) is 17.4 Å². The Kier molecular flexibility index (Phi) is 5.40. The number of rotatable bonds is 6. The monoisotopic (exact) mass is 356 g/mol. The van der Waals surface area contributed by atoms with Crippen LogP contribution >= 0.6 is 11.3 Å². The van der Waals surface area contributed by atoms with E-state index in [4.69, 9.17) is 4.74 Å². The van der Waals surface area contributed by atoms with Crippen molar-refractivity contribution in [3.63, 3.8) is 0 Å². The van der Waals surface area contributed by atoms with E-state index >= 15 is 0 Å². The number of hydrogen-bond acceptors (Lipinski definition) is 4. The van der Waals surface area contributed by atoms with Gasteiger partial charge in [0.25, 0.3) is 5.91 Å². The molecule has 1 amide bonds. The second-order valence-corrected chi connectivity index (χ2v) is 6.10. The lowest BCUT2D eigenvalue weighted by Crippen LogP contribution is -2.34. The summed E-state index contributed by atoms with van der Waals surface area (Å²) in [6.45, 7) is 2.33. The van der Waals surface area contributed by atoms with Crippen LogP contribution in [0.25, 0.3) is 11.3 Å². The Bertz CT molecular complexity index is 834. The van der Waals surface area contributed by atoms with Crippen LogP contribution in [0.1, 0.15) is 6.92 Å². The first-order chi connectivity index (χ1) is 12.2. The number of halogens is 1. The van der Waals surface area contributed by atoms with Gasteiger partial charge < -0.3 is 4.74 Å². The van der Waals surface area contributed by atoms with Crippen molar-refractivity contribution >= 4 is 22.4 Å². The van der Waals surface area contributed by atoms with Gasteiger partial charge in [-0.3, -0.25) is 9.69 Å². The summed E-state index contributed by atoms with van der Waals surface area (Å²) < 4.78 is 18.6. The molecule has 128 valence electrons. The fraction of sp³-hybridized carbons (Fsp3) is 0.158. The first kappa shape index (κ1) is 17.1. The van der Waals surface area contributed by atoms with Crippen molar-refractivity contribution in [2.45, 2.75) is 6.92 Å². The SMILES string of the molecule is CCN(C(=O)COc1ccccc1)c1nc(-c2ccc(F)cc2)cs1. The van der Waals surface area contributed by atoms with E-state index in [9.17, 15) is 9.18 Å². The van der Waals surface area contributed by atoms with Gasteiger partial charge in [-0.25, -0.2) is 9.37 Å². The second kappa shape index (κ2) is 7.90. The van der Waals surface area contributed by atoms with E-state index in [1.807, 2.05) is 30.5 Å². The number of thiazole rings is 1. The molecule has 0 unspecified atom stereocenters. The standard InChI is InChI=1S/C19H17FN2O2S/c1-2-22(18(23)12-24-16-6-4-3-5-7-16)19-21-17(13-25-19)14-8-10-15(20)11-9-14/h3-11,13H,2,12H2,1H3. The molecular weight excluding hydrogens is 339 g/mol. The van der Waals surface area contributed by atoms with E-state index in [1.165, 1.54) is 23.5 Å². The number of anilines is 1. The highest BCUT2D eigenvalue weighted by Gasteiger charge is 2.18. The molecule has 1 aromatic heterocycles. The second-order valence-electron chi connectivity index (χ2n) is 5.26. The third kappa shape index (κ3) is 4.22. The molecule has 3 aromatic rings. The van der Waals surface area contributed by atoms with Gasteiger partial charge in [0.15, 0.2) is 11.7 Å². The van der Waals surface area contributed by atoms with E-state index in [0.717, 1.165) is 11.3 Å². The summed E-state index contributed by atoms with van der Waals surface area (Å²) >= 11 is 1.38. The molecule has 6 heteroatoms. The van der Waals surface area contributed by atoms with E-state index in [2.05, 4.69) is 4.98 Å². The van der Waals surface area contributed by atoms with Crippen LogP contribution in [-0.2, 0) is 4.79 Å². The minimum Gasteiger partial charge on any atom is -0.484 e. The maximum Gasteiger partial charge on any atom is 0.266 e. The fourth-order valence-corrected chi connectivity index (χ4v) is 3.21. The third-order valence-corrected chi connectivity index (χ3v) is 4.45. The first-order valence-corrected chi connectivity index (χ1v) is 8.75. The van der Waals surface area contributed by atoms with Crippen LogP contribution < -0.4 is 9.64 Å². The van der Waals surface area contributed by atoms with Crippen molar-refractivity contribution < 1.29 is 13.9 Å². The van der Waals surface area contributed by atoms with Crippen molar-refractivity contribution in [1.82, 2.24) is 4.98 Å². The van der Waals surface area contributed by atoms with Crippen LogP contribution in [0.5, 0.6) is 5.75 Å². The van der Waals surface area contributed by atoms with Gasteiger partial charge in [0, 0.05) is 17.5 Å². The smallest absolute Gasteiger partial charge is 0.266 e. The molecule has 0 saturated heterocycles. The molecule has 0 atom stereocenters. The number of amides is 1. The predicted molar refractivity (Wildman–Crippen MR) is 97.5 cm³/mol. The Morgan fingerprint density at radius 2 is 1.88 bits per heavy atom. The number of ether oxygens (including phenoxy) is 1. The number of carbonyl (C=O) groups is 1. The zero-order valence-electron chi connectivity index (χ0n) is 13.7. The number of aromatic nitrogens is 1. The summed E-state index contributed by atoms with van der Waals surface area (Å²) in [5.41, 5.74) is 1.53. The summed E-state index contributed by atoms with van der Waals surface area (Å²) in [5, 5.41) is 2.46. The van der Waals surface area contributed by atoms with Crippen LogP contribution in [0.15, 0.2) is 60.0 Å². The lowest BCUT2D eigenvalue weighted by molar-refractivity contribution is -0.120. The summed E-state index contributed by atoms with van der Waals surface area (Å²) in [7, 11) is 0. The first-order valence-electron chi connectivity index (χ1n) is 7.87. The summed E-state index contributed by atoms with van der Waals surface area (Å²) in [6.07, 6.45) is 0. The molecule has 0 aliphatic rings. The molecule has 0 bridgehead atoms.